The van der Waals surface area contributed by atoms with Gasteiger partial charge < -0.3 is 16.4 Å². The third-order valence-electron chi connectivity index (χ3n) is 1.89. The Morgan fingerprint density at radius 2 is 1.93 bits per heavy atom. The molecule has 0 rings (SSSR count). The molecule has 6 heteroatoms. The summed E-state index contributed by atoms with van der Waals surface area (Å²) in [6, 6.07) is 0.104. The van der Waals surface area contributed by atoms with E-state index in [1.165, 1.54) is 0 Å². The van der Waals surface area contributed by atoms with Gasteiger partial charge >= 0.3 is 0 Å². The fourth-order valence-corrected chi connectivity index (χ4v) is 1.12. The van der Waals surface area contributed by atoms with Gasteiger partial charge in [-0.15, -0.1) is 0 Å². The van der Waals surface area contributed by atoms with Gasteiger partial charge in [0.2, 0.25) is 0 Å². The average Bonchev–Trinajstić information content (AvgIpc) is 1.99. The zero-order valence-corrected chi connectivity index (χ0v) is 9.91. The van der Waals surface area contributed by atoms with E-state index in [-0.39, 0.29) is 18.0 Å². The van der Waals surface area contributed by atoms with Crippen molar-refractivity contribution in [3.8, 4) is 0 Å². The highest BCUT2D eigenvalue weighted by Crippen LogP contribution is 2.06. The van der Waals surface area contributed by atoms with E-state index in [0.717, 1.165) is 6.54 Å². The standard InChI is InChI=1S/C9H22N6/c1-6(2)7(5-15(3)4)13-9(12)14-8(10)11/h6-7H,5H2,1-4H3,(H6,10,11,12,13,14). The summed E-state index contributed by atoms with van der Waals surface area (Å²) in [5.74, 6) is 0.395. The molecule has 0 aromatic carbocycles. The Labute approximate surface area is 91.2 Å². The van der Waals surface area contributed by atoms with E-state index < -0.39 is 0 Å². The van der Waals surface area contributed by atoms with E-state index in [1.54, 1.807) is 0 Å². The van der Waals surface area contributed by atoms with Crippen LogP contribution in [0.4, 0.5) is 0 Å². The fourth-order valence-electron chi connectivity index (χ4n) is 1.12. The van der Waals surface area contributed by atoms with E-state index in [1.807, 2.05) is 14.1 Å². The van der Waals surface area contributed by atoms with Gasteiger partial charge in [0, 0.05) is 6.54 Å². The highest BCUT2D eigenvalue weighted by molar-refractivity contribution is 5.95. The molecule has 0 saturated heterocycles. The van der Waals surface area contributed by atoms with E-state index in [0.29, 0.717) is 5.92 Å². The first-order valence-corrected chi connectivity index (χ1v) is 4.92. The smallest absolute Gasteiger partial charge is 0.195 e. The van der Waals surface area contributed by atoms with Gasteiger partial charge in [0.15, 0.2) is 11.9 Å². The van der Waals surface area contributed by atoms with Crippen molar-refractivity contribution >= 4 is 11.9 Å². The third kappa shape index (κ3) is 6.73. The van der Waals surface area contributed by atoms with Crippen molar-refractivity contribution in [2.75, 3.05) is 20.6 Å². The Kier molecular flexibility index (Phi) is 5.69. The molecule has 0 fully saturated rings. The average molecular weight is 214 g/mol. The van der Waals surface area contributed by atoms with Crippen molar-refractivity contribution < 1.29 is 0 Å². The number of nitrogens with zero attached hydrogens (tertiary/aromatic N) is 2. The maximum absolute atomic E-state index is 7.01. The molecule has 0 aromatic heterocycles. The largest absolute Gasteiger partial charge is 0.370 e. The summed E-state index contributed by atoms with van der Waals surface area (Å²) < 4.78 is 0. The first kappa shape index (κ1) is 13.7. The molecule has 0 aliphatic carbocycles. The van der Waals surface area contributed by atoms with Crippen LogP contribution in [0.5, 0.6) is 0 Å². The predicted molar refractivity (Wildman–Crippen MR) is 63.9 cm³/mol. The highest BCUT2D eigenvalue weighted by Gasteiger charge is 2.13. The molecule has 15 heavy (non-hydrogen) atoms. The van der Waals surface area contributed by atoms with Crippen molar-refractivity contribution in [1.82, 2.24) is 10.2 Å². The lowest BCUT2D eigenvalue weighted by Crippen LogP contribution is -2.42. The van der Waals surface area contributed by atoms with Gasteiger partial charge in [-0.25, -0.2) is 4.99 Å². The van der Waals surface area contributed by atoms with Crippen molar-refractivity contribution in [1.29, 1.82) is 5.41 Å². The zero-order valence-electron chi connectivity index (χ0n) is 9.91. The third-order valence-corrected chi connectivity index (χ3v) is 1.89. The lowest BCUT2D eigenvalue weighted by Gasteiger charge is -2.21. The van der Waals surface area contributed by atoms with Crippen molar-refractivity contribution in [3.63, 3.8) is 0 Å². The second kappa shape index (κ2) is 6.23. The molecule has 0 aliphatic rings. The van der Waals surface area contributed by atoms with Gasteiger partial charge in [0.1, 0.15) is 0 Å². The molecule has 1 unspecified atom stereocenters. The first-order chi connectivity index (χ1) is 6.82. The maximum Gasteiger partial charge on any atom is 0.195 e. The number of hydrogen-bond donors (Lipinski definition) is 4. The summed E-state index contributed by atoms with van der Waals surface area (Å²) in [7, 11) is 3.97. The van der Waals surface area contributed by atoms with Crippen LogP contribution in [0.25, 0.3) is 0 Å². The second-order valence-corrected chi connectivity index (χ2v) is 4.13. The molecule has 0 aliphatic heterocycles. The molecule has 0 bridgehead atoms. The molecule has 88 valence electrons. The van der Waals surface area contributed by atoms with Crippen LogP contribution in [0.2, 0.25) is 0 Å². The number of nitrogens with one attached hydrogen (secondary N) is 2. The summed E-state index contributed by atoms with van der Waals surface area (Å²) in [6.07, 6.45) is 0. The minimum Gasteiger partial charge on any atom is -0.370 e. The molecule has 0 saturated carbocycles. The van der Waals surface area contributed by atoms with Gasteiger partial charge in [0.25, 0.3) is 0 Å². The van der Waals surface area contributed by atoms with Gasteiger partial charge in [-0.05, 0) is 20.0 Å². The van der Waals surface area contributed by atoms with Crippen LogP contribution in [0, 0.1) is 11.3 Å². The lowest BCUT2D eigenvalue weighted by molar-refractivity contribution is 0.331. The number of aliphatic imine (C=N–C) groups is 1. The normalized spacial score (nSPS) is 14.4. The van der Waals surface area contributed by atoms with Crippen LogP contribution in [-0.4, -0.2) is 43.5 Å². The van der Waals surface area contributed by atoms with Gasteiger partial charge in [-0.1, -0.05) is 13.8 Å². The molecule has 6 nitrogen and oxygen atoms in total. The van der Waals surface area contributed by atoms with Crippen molar-refractivity contribution in [3.05, 3.63) is 0 Å². The number of guanidine groups is 2. The minimum atomic E-state index is -0.191. The van der Waals surface area contributed by atoms with Crippen molar-refractivity contribution in [2.45, 2.75) is 19.9 Å². The Morgan fingerprint density at radius 1 is 1.40 bits per heavy atom. The van der Waals surface area contributed by atoms with E-state index >= 15 is 0 Å². The summed E-state index contributed by atoms with van der Waals surface area (Å²) >= 11 is 0. The monoisotopic (exact) mass is 214 g/mol. The number of likely N-dealkylation sites (N-methyl/N-ethyl adjacent to an activating group) is 1. The number of rotatable bonds is 4. The molecule has 6 N–H and O–H groups in total. The van der Waals surface area contributed by atoms with E-state index in [4.69, 9.17) is 16.9 Å². The van der Waals surface area contributed by atoms with Crippen molar-refractivity contribution in [2.24, 2.45) is 22.4 Å². The van der Waals surface area contributed by atoms with Crippen LogP contribution in [-0.2, 0) is 0 Å². The van der Waals surface area contributed by atoms with Crippen LogP contribution in [0.1, 0.15) is 13.8 Å². The molecule has 0 aromatic rings. The Bertz CT molecular complexity index is 233. The summed E-state index contributed by atoms with van der Waals surface area (Å²) in [6.45, 7) is 4.98. The number of nitrogens with two attached hydrogens (primary N) is 2. The summed E-state index contributed by atoms with van der Waals surface area (Å²) in [4.78, 5) is 6.33. The number of hydrogen-bond acceptors (Lipinski definition) is 3. The summed E-state index contributed by atoms with van der Waals surface area (Å²) in [5, 5.41) is 9.49. The van der Waals surface area contributed by atoms with Crippen LogP contribution < -0.4 is 16.8 Å². The van der Waals surface area contributed by atoms with E-state index in [2.05, 4.69) is 29.1 Å². The molecule has 0 radical (unpaired) electrons. The molecule has 0 heterocycles. The summed E-state index contributed by atoms with van der Waals surface area (Å²) in [5.41, 5.74) is 10.7. The topological polar surface area (TPSA) is 104 Å². The highest BCUT2D eigenvalue weighted by atomic mass is 15.2. The van der Waals surface area contributed by atoms with Crippen LogP contribution >= 0.6 is 0 Å². The van der Waals surface area contributed by atoms with Crippen LogP contribution in [0.15, 0.2) is 4.99 Å². The Morgan fingerprint density at radius 3 is 2.27 bits per heavy atom. The maximum atomic E-state index is 7.01. The molecule has 1 atom stereocenters. The molecule has 0 spiro atoms. The SMILES string of the molecule is CC(C)C(CN(C)C)N=C(N)NC(=N)N. The molecular formula is C9H22N6. The van der Waals surface area contributed by atoms with Crippen LogP contribution in [0.3, 0.4) is 0 Å². The molecular weight excluding hydrogens is 192 g/mol. The first-order valence-electron chi connectivity index (χ1n) is 4.92. The minimum absolute atomic E-state index is 0.104. The van der Waals surface area contributed by atoms with Gasteiger partial charge in [-0.3, -0.25) is 10.7 Å². The quantitative estimate of drug-likeness (QED) is 0.369. The van der Waals surface area contributed by atoms with Gasteiger partial charge in [0.05, 0.1) is 6.04 Å². The molecule has 0 amide bonds. The van der Waals surface area contributed by atoms with Gasteiger partial charge in [-0.2, -0.15) is 0 Å². The Balaban J connectivity index is 4.43. The zero-order chi connectivity index (χ0) is 12.0. The second-order valence-electron chi connectivity index (χ2n) is 4.13. The fraction of sp³-hybridized carbons (Fsp3) is 0.778. The van der Waals surface area contributed by atoms with E-state index in [9.17, 15) is 0 Å². The predicted octanol–water partition coefficient (Wildman–Crippen LogP) is -0.630. The lowest BCUT2D eigenvalue weighted by atomic mass is 10.1. The Hall–Kier alpha value is -1.30.